The van der Waals surface area contributed by atoms with Gasteiger partial charge in [-0.25, -0.2) is 0 Å². The van der Waals surface area contributed by atoms with Crippen molar-refractivity contribution in [1.82, 2.24) is 0 Å². The first-order chi connectivity index (χ1) is 11.9. The third-order valence-corrected chi connectivity index (χ3v) is 6.85. The Morgan fingerprint density at radius 1 is 0.731 bits per heavy atom. The average Bonchev–Trinajstić information content (AvgIpc) is 2.57. The maximum absolute atomic E-state index is 6.20. The van der Waals surface area contributed by atoms with Crippen molar-refractivity contribution in [2.24, 2.45) is 0 Å². The molecule has 0 aliphatic rings. The van der Waals surface area contributed by atoms with Crippen molar-refractivity contribution in [2.75, 3.05) is 40.0 Å². The lowest BCUT2D eigenvalue weighted by molar-refractivity contribution is -0.880. The zero-order chi connectivity index (χ0) is 19.0. The van der Waals surface area contributed by atoms with Crippen LogP contribution in [0.1, 0.15) is 91.9 Å². The molecule has 0 saturated heterocycles. The van der Waals surface area contributed by atoms with Crippen LogP contribution in [0.2, 0.25) is 0 Å². The number of quaternary nitrogens is 1. The van der Waals surface area contributed by atoms with Crippen molar-refractivity contribution in [2.45, 2.75) is 97.3 Å². The lowest BCUT2D eigenvalue weighted by Crippen LogP contribution is -3.00. The highest BCUT2D eigenvalue weighted by Crippen LogP contribution is 2.22. The molecule has 0 fully saturated rings. The average molecular weight is 408 g/mol. The van der Waals surface area contributed by atoms with Crippen molar-refractivity contribution in [3.8, 4) is 0 Å². The maximum atomic E-state index is 6.20. The molecule has 3 nitrogen and oxygen atoms in total. The molecule has 158 valence electrons. The van der Waals surface area contributed by atoms with Gasteiger partial charge >= 0.3 is 0 Å². The zero-order valence-electron chi connectivity index (χ0n) is 18.5. The summed E-state index contributed by atoms with van der Waals surface area (Å²) in [7, 11) is 5.44. The number of nitrogens with zero attached hydrogens (tertiary/aromatic N) is 1. The Bertz CT molecular complexity index is 298. The Morgan fingerprint density at radius 3 is 1.73 bits per heavy atom. The fourth-order valence-electron chi connectivity index (χ4n) is 3.18. The molecule has 0 saturated carbocycles. The summed E-state index contributed by atoms with van der Waals surface area (Å²) in [6, 6.07) is 0. The highest BCUT2D eigenvalue weighted by Gasteiger charge is 2.34. The van der Waals surface area contributed by atoms with E-state index in [9.17, 15) is 0 Å². The summed E-state index contributed by atoms with van der Waals surface area (Å²) in [4.78, 5) is 0. The van der Waals surface area contributed by atoms with E-state index < -0.39 is 0 Å². The normalized spacial score (nSPS) is 12.2. The van der Waals surface area contributed by atoms with E-state index in [2.05, 4.69) is 41.8 Å². The minimum Gasteiger partial charge on any atom is -1.00 e. The Labute approximate surface area is 173 Å². The number of halogens is 1. The summed E-state index contributed by atoms with van der Waals surface area (Å²) < 4.78 is 13.5. The molecular formula is C21H46ClNO2Si. The first-order valence-electron chi connectivity index (χ1n) is 10.8. The Balaban J connectivity index is 0. The second-order valence-corrected chi connectivity index (χ2v) is 9.27. The lowest BCUT2D eigenvalue weighted by atomic mass is 10.1. The van der Waals surface area contributed by atoms with E-state index in [0.717, 1.165) is 30.3 Å². The molecule has 0 bridgehead atoms. The van der Waals surface area contributed by atoms with Crippen LogP contribution >= 0.6 is 0 Å². The van der Waals surface area contributed by atoms with E-state index in [1.165, 1.54) is 64.3 Å². The molecule has 0 aromatic rings. The minimum atomic E-state index is -0.339. The minimum absolute atomic E-state index is 0. The van der Waals surface area contributed by atoms with E-state index in [4.69, 9.17) is 9.47 Å². The molecule has 0 spiro atoms. The van der Waals surface area contributed by atoms with Gasteiger partial charge in [0.1, 0.15) is 0 Å². The monoisotopic (exact) mass is 407 g/mol. The number of rotatable bonds is 18. The number of ether oxygens (including phenoxy) is 2. The summed E-state index contributed by atoms with van der Waals surface area (Å²) in [5.41, 5.74) is -0.339. The van der Waals surface area contributed by atoms with Crippen LogP contribution in [-0.2, 0) is 9.47 Å². The predicted molar refractivity (Wildman–Crippen MR) is 111 cm³/mol. The fourth-order valence-corrected chi connectivity index (χ4v) is 4.86. The van der Waals surface area contributed by atoms with Gasteiger partial charge < -0.3 is 26.4 Å². The Morgan fingerprint density at radius 2 is 1.23 bits per heavy atom. The van der Waals surface area contributed by atoms with E-state index in [0.29, 0.717) is 9.52 Å². The van der Waals surface area contributed by atoms with Crippen LogP contribution < -0.4 is 12.4 Å². The molecule has 26 heavy (non-hydrogen) atoms. The van der Waals surface area contributed by atoms with Gasteiger partial charge in [-0.05, 0) is 39.5 Å². The van der Waals surface area contributed by atoms with Gasteiger partial charge in [0, 0.05) is 13.2 Å². The maximum Gasteiger partial charge on any atom is 0.196 e. The van der Waals surface area contributed by atoms with Crippen LogP contribution in [0.15, 0.2) is 0 Å². The summed E-state index contributed by atoms with van der Waals surface area (Å²) in [5, 5.41) is 0. The Hall–Kier alpha value is 0.387. The predicted octanol–water partition coefficient (Wildman–Crippen LogP) is 2.40. The molecular weight excluding hydrogens is 362 g/mol. The van der Waals surface area contributed by atoms with Crippen molar-refractivity contribution >= 4 is 9.52 Å². The second kappa shape index (κ2) is 17.5. The van der Waals surface area contributed by atoms with E-state index in [1.807, 2.05) is 0 Å². The van der Waals surface area contributed by atoms with Crippen molar-refractivity contribution in [3.05, 3.63) is 0 Å². The van der Waals surface area contributed by atoms with Gasteiger partial charge in [0.15, 0.2) is 14.9 Å². The first-order valence-corrected chi connectivity index (χ1v) is 12.0. The molecule has 0 N–H and O–H groups in total. The van der Waals surface area contributed by atoms with Crippen molar-refractivity contribution < 1.29 is 26.4 Å². The molecule has 2 radical (unpaired) electrons. The molecule has 0 unspecified atom stereocenters. The van der Waals surface area contributed by atoms with Gasteiger partial charge in [-0.1, -0.05) is 52.4 Å². The summed E-state index contributed by atoms with van der Waals surface area (Å²) in [6.07, 6.45) is 14.1. The zero-order valence-corrected chi connectivity index (χ0v) is 20.3. The van der Waals surface area contributed by atoms with Crippen LogP contribution in [-0.4, -0.2) is 59.4 Å². The van der Waals surface area contributed by atoms with E-state index >= 15 is 0 Å². The van der Waals surface area contributed by atoms with Gasteiger partial charge in [-0.15, -0.1) is 0 Å². The molecule has 0 amide bonds. The van der Waals surface area contributed by atoms with Crippen LogP contribution in [0.3, 0.4) is 0 Å². The number of hydrogen-bond acceptors (Lipinski definition) is 2. The van der Waals surface area contributed by atoms with Crippen LogP contribution in [0.5, 0.6) is 0 Å². The lowest BCUT2D eigenvalue weighted by Gasteiger charge is -2.37. The smallest absolute Gasteiger partial charge is 0.196 e. The van der Waals surface area contributed by atoms with Gasteiger partial charge in [0.2, 0.25) is 0 Å². The van der Waals surface area contributed by atoms with E-state index in [1.54, 1.807) is 0 Å². The number of unbranched alkanes of at least 4 members (excludes halogenated alkanes) is 7. The fraction of sp³-hybridized carbons (Fsp3) is 1.00. The summed E-state index contributed by atoms with van der Waals surface area (Å²) in [5.74, 6) is 0. The third kappa shape index (κ3) is 14.4. The van der Waals surface area contributed by atoms with Crippen molar-refractivity contribution in [1.29, 1.82) is 0 Å². The third-order valence-electron chi connectivity index (χ3n) is 4.76. The quantitative estimate of drug-likeness (QED) is 0.150. The SMILES string of the molecule is CCCCCCCC(OCC)(OCC)[Si]C[N+](C)(C)CCCCCC.[Cl-]. The van der Waals surface area contributed by atoms with Gasteiger partial charge in [-0.3, -0.25) is 0 Å². The van der Waals surface area contributed by atoms with Crippen LogP contribution in [0, 0.1) is 0 Å². The molecule has 0 aromatic carbocycles. The molecule has 0 heterocycles. The van der Waals surface area contributed by atoms with Crippen LogP contribution in [0.25, 0.3) is 0 Å². The molecule has 0 aromatic heterocycles. The highest BCUT2D eigenvalue weighted by atomic mass is 35.5. The molecule has 0 atom stereocenters. The second-order valence-electron chi connectivity index (χ2n) is 7.84. The first kappa shape index (κ1) is 28.6. The van der Waals surface area contributed by atoms with Crippen LogP contribution in [0.4, 0.5) is 0 Å². The van der Waals surface area contributed by atoms with Gasteiger partial charge in [-0.2, -0.15) is 0 Å². The summed E-state index contributed by atoms with van der Waals surface area (Å²) in [6.45, 7) is 11.5. The topological polar surface area (TPSA) is 18.5 Å². The van der Waals surface area contributed by atoms with Crippen molar-refractivity contribution in [3.63, 3.8) is 0 Å². The highest BCUT2D eigenvalue weighted by molar-refractivity contribution is 6.38. The summed E-state index contributed by atoms with van der Waals surface area (Å²) >= 11 is 0. The van der Waals surface area contributed by atoms with Gasteiger partial charge in [0.25, 0.3) is 0 Å². The standard InChI is InChI=1S/C21H46NO2Si.ClH/c1-7-11-13-15-16-18-21(23-9-3,24-10-4)25-20-22(5,6)19-17-14-12-8-2;/h7-20H2,1-6H3;1H/q+1;/p-1. The molecule has 5 heteroatoms. The Kier molecular flexibility index (Phi) is 19.2. The molecule has 0 aliphatic heterocycles. The molecule has 0 aliphatic carbocycles. The number of hydrogen-bond donors (Lipinski definition) is 0. The van der Waals surface area contributed by atoms with E-state index in [-0.39, 0.29) is 17.8 Å². The molecule has 0 rings (SSSR count). The van der Waals surface area contributed by atoms with Gasteiger partial charge in [0.05, 0.1) is 26.8 Å². The largest absolute Gasteiger partial charge is 1.00 e.